The first-order valence-electron chi connectivity index (χ1n) is 5.85. The lowest BCUT2D eigenvalue weighted by Gasteiger charge is -2.14. The molecule has 1 aromatic heterocycles. The summed E-state index contributed by atoms with van der Waals surface area (Å²) in [5.41, 5.74) is 6.56. The average Bonchev–Trinajstić information content (AvgIpc) is 2.59. The lowest BCUT2D eigenvalue weighted by Crippen LogP contribution is -2.01. The van der Waals surface area contributed by atoms with Gasteiger partial charge in [-0.15, -0.1) is 0 Å². The Morgan fingerprint density at radius 3 is 2.53 bits per heavy atom. The second-order valence-corrected chi connectivity index (χ2v) is 4.61. The summed E-state index contributed by atoms with van der Waals surface area (Å²) < 4.78 is 4.93. The molecule has 3 heteroatoms. The van der Waals surface area contributed by atoms with Crippen LogP contribution in [0.5, 0.6) is 0 Å². The van der Waals surface area contributed by atoms with Gasteiger partial charge in [0.15, 0.2) is 0 Å². The maximum Gasteiger partial charge on any atom is 0.222 e. The van der Waals surface area contributed by atoms with Gasteiger partial charge in [-0.05, 0) is 18.8 Å². The third kappa shape index (κ3) is 3.94. The van der Waals surface area contributed by atoms with E-state index in [1.807, 2.05) is 6.07 Å². The highest BCUT2D eigenvalue weighted by Crippen LogP contribution is 2.28. The summed E-state index contributed by atoms with van der Waals surface area (Å²) in [6.07, 6.45) is 4.75. The molecule has 0 aliphatic rings. The zero-order valence-electron chi connectivity index (χ0n) is 9.99. The third-order valence-electron chi connectivity index (χ3n) is 2.69. The van der Waals surface area contributed by atoms with E-state index in [4.69, 9.17) is 10.3 Å². The molecule has 1 unspecified atom stereocenters. The van der Waals surface area contributed by atoms with Crippen molar-refractivity contribution in [2.24, 2.45) is 5.92 Å². The van der Waals surface area contributed by atoms with Gasteiger partial charge in [0.1, 0.15) is 0 Å². The lowest BCUT2D eigenvalue weighted by atomic mass is 9.91. The standard InChI is InChI=1S/C12H22N2O/c1-4-5-10(7-6-9(2)3)11-8-12(13)15-14-11/h8-10H,4-7,13H2,1-3H3. The van der Waals surface area contributed by atoms with E-state index in [-0.39, 0.29) is 0 Å². The van der Waals surface area contributed by atoms with E-state index in [0.29, 0.717) is 11.8 Å². The van der Waals surface area contributed by atoms with Crippen LogP contribution in [-0.4, -0.2) is 5.16 Å². The molecule has 0 amide bonds. The zero-order valence-corrected chi connectivity index (χ0v) is 9.99. The Hall–Kier alpha value is -0.990. The molecule has 0 spiro atoms. The third-order valence-corrected chi connectivity index (χ3v) is 2.69. The summed E-state index contributed by atoms with van der Waals surface area (Å²) in [5.74, 6) is 1.68. The Labute approximate surface area is 92.0 Å². The van der Waals surface area contributed by atoms with Gasteiger partial charge in [-0.25, -0.2) is 0 Å². The van der Waals surface area contributed by atoms with Crippen LogP contribution in [0.25, 0.3) is 0 Å². The van der Waals surface area contributed by atoms with Gasteiger partial charge in [0.2, 0.25) is 5.88 Å². The molecule has 0 saturated heterocycles. The molecule has 0 saturated carbocycles. The molecule has 0 aliphatic carbocycles. The number of aromatic nitrogens is 1. The molecule has 86 valence electrons. The highest BCUT2D eigenvalue weighted by atomic mass is 16.5. The quantitative estimate of drug-likeness (QED) is 0.780. The molecular weight excluding hydrogens is 188 g/mol. The number of nitrogens with two attached hydrogens (primary N) is 1. The van der Waals surface area contributed by atoms with E-state index in [2.05, 4.69) is 25.9 Å². The van der Waals surface area contributed by atoms with Gasteiger partial charge in [0.05, 0.1) is 5.69 Å². The Balaban J connectivity index is 2.57. The van der Waals surface area contributed by atoms with E-state index in [0.717, 1.165) is 11.6 Å². The van der Waals surface area contributed by atoms with Crippen LogP contribution in [0.1, 0.15) is 58.1 Å². The maximum absolute atomic E-state index is 5.54. The summed E-state index contributed by atoms with van der Waals surface area (Å²) >= 11 is 0. The van der Waals surface area contributed by atoms with Gasteiger partial charge in [-0.2, -0.15) is 0 Å². The molecule has 1 heterocycles. The topological polar surface area (TPSA) is 52.0 Å². The van der Waals surface area contributed by atoms with Crippen LogP contribution in [0.4, 0.5) is 5.88 Å². The summed E-state index contributed by atoms with van der Waals surface area (Å²) in [6.45, 7) is 6.70. The van der Waals surface area contributed by atoms with Crippen molar-refractivity contribution >= 4 is 5.88 Å². The number of hydrogen-bond acceptors (Lipinski definition) is 3. The Kier molecular flexibility index (Phi) is 4.66. The number of anilines is 1. The van der Waals surface area contributed by atoms with E-state index in [1.165, 1.54) is 25.7 Å². The van der Waals surface area contributed by atoms with Gasteiger partial charge in [0, 0.05) is 12.0 Å². The molecule has 0 radical (unpaired) electrons. The predicted octanol–water partition coefficient (Wildman–Crippen LogP) is 3.58. The van der Waals surface area contributed by atoms with E-state index >= 15 is 0 Å². The van der Waals surface area contributed by atoms with E-state index in [1.54, 1.807) is 0 Å². The minimum absolute atomic E-state index is 0.427. The minimum Gasteiger partial charge on any atom is -0.368 e. The first kappa shape index (κ1) is 12.1. The predicted molar refractivity (Wildman–Crippen MR) is 62.6 cm³/mol. The fourth-order valence-electron chi connectivity index (χ4n) is 1.82. The van der Waals surface area contributed by atoms with Crippen molar-refractivity contribution in [1.82, 2.24) is 5.16 Å². The van der Waals surface area contributed by atoms with Crippen molar-refractivity contribution in [2.45, 2.75) is 52.4 Å². The number of rotatable bonds is 6. The molecule has 15 heavy (non-hydrogen) atoms. The Bertz CT molecular complexity index is 281. The van der Waals surface area contributed by atoms with Gasteiger partial charge in [-0.3, -0.25) is 0 Å². The highest BCUT2D eigenvalue weighted by molar-refractivity contribution is 5.26. The summed E-state index contributed by atoms with van der Waals surface area (Å²) in [4.78, 5) is 0. The molecule has 0 aliphatic heterocycles. The maximum atomic E-state index is 5.54. The summed E-state index contributed by atoms with van der Waals surface area (Å²) in [5, 5.41) is 4.01. The second kappa shape index (κ2) is 5.79. The first-order valence-corrected chi connectivity index (χ1v) is 5.85. The number of nitrogens with zero attached hydrogens (tertiary/aromatic N) is 1. The normalized spacial score (nSPS) is 13.3. The van der Waals surface area contributed by atoms with Crippen LogP contribution in [0.15, 0.2) is 10.6 Å². The molecule has 0 aromatic carbocycles. The number of nitrogen functional groups attached to an aromatic ring is 1. The summed E-state index contributed by atoms with van der Waals surface area (Å²) in [7, 11) is 0. The van der Waals surface area contributed by atoms with Crippen LogP contribution in [0.3, 0.4) is 0 Å². The lowest BCUT2D eigenvalue weighted by molar-refractivity contribution is 0.402. The van der Waals surface area contributed by atoms with Crippen molar-refractivity contribution in [3.05, 3.63) is 11.8 Å². The molecule has 1 atom stereocenters. The van der Waals surface area contributed by atoms with Gasteiger partial charge in [-0.1, -0.05) is 38.8 Å². The first-order chi connectivity index (χ1) is 7.13. The molecule has 0 fully saturated rings. The van der Waals surface area contributed by atoms with E-state index in [9.17, 15) is 0 Å². The van der Waals surface area contributed by atoms with Crippen molar-refractivity contribution in [3.8, 4) is 0 Å². The van der Waals surface area contributed by atoms with Crippen molar-refractivity contribution in [1.29, 1.82) is 0 Å². The molecule has 1 aromatic rings. The molecular formula is C12H22N2O. The fourth-order valence-corrected chi connectivity index (χ4v) is 1.82. The van der Waals surface area contributed by atoms with Crippen LogP contribution >= 0.6 is 0 Å². The van der Waals surface area contributed by atoms with Gasteiger partial charge < -0.3 is 10.3 Å². The second-order valence-electron chi connectivity index (χ2n) is 4.61. The molecule has 1 rings (SSSR count). The van der Waals surface area contributed by atoms with Crippen LogP contribution in [0.2, 0.25) is 0 Å². The summed E-state index contributed by atoms with van der Waals surface area (Å²) in [6, 6.07) is 1.86. The fraction of sp³-hybridized carbons (Fsp3) is 0.750. The molecule has 2 N–H and O–H groups in total. The van der Waals surface area contributed by atoms with Crippen molar-refractivity contribution in [3.63, 3.8) is 0 Å². The smallest absolute Gasteiger partial charge is 0.222 e. The van der Waals surface area contributed by atoms with Crippen LogP contribution in [0, 0.1) is 5.92 Å². The minimum atomic E-state index is 0.427. The zero-order chi connectivity index (χ0) is 11.3. The average molecular weight is 210 g/mol. The molecule has 3 nitrogen and oxygen atoms in total. The highest BCUT2D eigenvalue weighted by Gasteiger charge is 2.15. The van der Waals surface area contributed by atoms with Crippen molar-refractivity contribution < 1.29 is 4.52 Å². The van der Waals surface area contributed by atoms with Gasteiger partial charge >= 0.3 is 0 Å². The number of hydrogen-bond donors (Lipinski definition) is 1. The largest absolute Gasteiger partial charge is 0.368 e. The van der Waals surface area contributed by atoms with E-state index < -0.39 is 0 Å². The Morgan fingerprint density at radius 2 is 2.07 bits per heavy atom. The monoisotopic (exact) mass is 210 g/mol. The molecule has 0 bridgehead atoms. The van der Waals surface area contributed by atoms with Crippen LogP contribution in [-0.2, 0) is 0 Å². The van der Waals surface area contributed by atoms with Crippen LogP contribution < -0.4 is 5.73 Å². The van der Waals surface area contributed by atoms with Crippen molar-refractivity contribution in [2.75, 3.05) is 5.73 Å². The van der Waals surface area contributed by atoms with Gasteiger partial charge in [0.25, 0.3) is 0 Å². The Morgan fingerprint density at radius 1 is 1.33 bits per heavy atom. The SMILES string of the molecule is CCCC(CCC(C)C)c1cc(N)on1.